The van der Waals surface area contributed by atoms with Gasteiger partial charge in [0.05, 0.1) is 0 Å². The van der Waals surface area contributed by atoms with Crippen LogP contribution >= 0.6 is 13.5 Å². The molecule has 0 aromatic carbocycles. The Balaban J connectivity index is 0. The van der Waals surface area contributed by atoms with E-state index < -0.39 is 0 Å². The van der Waals surface area contributed by atoms with Crippen LogP contribution in [0.1, 0.15) is 0 Å². The van der Waals surface area contributed by atoms with Crippen molar-refractivity contribution in [3.8, 4) is 0 Å². The molecule has 0 rings (SSSR count). The summed E-state index contributed by atoms with van der Waals surface area (Å²) in [4.78, 5) is 0. The van der Waals surface area contributed by atoms with Crippen molar-refractivity contribution in [1.29, 1.82) is 0 Å². The van der Waals surface area contributed by atoms with Gasteiger partial charge in [-0.05, 0) is 0 Å². The molecule has 28 valence electrons. The van der Waals surface area contributed by atoms with Crippen molar-refractivity contribution in [3.05, 3.63) is 25.3 Å². The third-order valence-corrected chi connectivity index (χ3v) is 0.167. The van der Waals surface area contributed by atoms with Gasteiger partial charge >= 0.3 is 0 Å². The fraction of sp³-hybridized carbons (Fsp3) is 0. The van der Waals surface area contributed by atoms with E-state index in [-0.39, 0.29) is 13.5 Å². The van der Waals surface area contributed by atoms with Gasteiger partial charge in [-0.25, -0.2) is 0 Å². The highest BCUT2D eigenvalue weighted by atomic mass is 32.1. The topological polar surface area (TPSA) is 0 Å². The van der Waals surface area contributed by atoms with Crippen LogP contribution in [0, 0.1) is 0 Å². The van der Waals surface area contributed by atoms with Gasteiger partial charge in [0.1, 0.15) is 0 Å². The van der Waals surface area contributed by atoms with E-state index in [0.29, 0.717) is 0 Å². The van der Waals surface area contributed by atoms with Crippen LogP contribution in [0.5, 0.6) is 0 Å². The zero-order valence-corrected chi connectivity index (χ0v) is 3.79. The highest BCUT2D eigenvalue weighted by molar-refractivity contribution is 7.59. The summed E-state index contributed by atoms with van der Waals surface area (Å²) in [5.41, 5.74) is 0. The molecule has 0 fully saturated rings. The van der Waals surface area contributed by atoms with Crippen LogP contribution in [0.3, 0.4) is 0 Å². The molecule has 0 saturated carbocycles. The normalized spacial score (nSPS) is 4.00. The molecule has 0 spiro atoms. The molecule has 0 aliphatic rings. The Morgan fingerprint density at radius 2 is 1.20 bits per heavy atom. The lowest BCUT2D eigenvalue weighted by molar-refractivity contribution is 2.15. The first-order valence-electron chi connectivity index (χ1n) is 1.15. The van der Waals surface area contributed by atoms with E-state index >= 15 is 0 Å². The summed E-state index contributed by atoms with van der Waals surface area (Å²) in [5.74, 6) is 0. The molecule has 0 aliphatic carbocycles. The van der Waals surface area contributed by atoms with E-state index in [9.17, 15) is 0 Å². The van der Waals surface area contributed by atoms with Crippen molar-refractivity contribution >= 4 is 13.5 Å². The van der Waals surface area contributed by atoms with Crippen LogP contribution < -0.4 is 0 Å². The van der Waals surface area contributed by atoms with E-state index in [2.05, 4.69) is 13.2 Å². The Hall–Kier alpha value is -0.170. The number of hydrogen-bond acceptors (Lipinski definition) is 0. The Morgan fingerprint density at radius 3 is 1.20 bits per heavy atom. The van der Waals surface area contributed by atoms with Crippen molar-refractivity contribution in [2.75, 3.05) is 0 Å². The average Bonchev–Trinajstić information content (AvgIpc) is 1.37. The van der Waals surface area contributed by atoms with Gasteiger partial charge in [-0.2, -0.15) is 0 Å². The van der Waals surface area contributed by atoms with Crippen molar-refractivity contribution in [1.82, 2.24) is 0 Å². The molecule has 0 unspecified atom stereocenters. The molecule has 0 aromatic rings. The minimum absolute atomic E-state index is 0. The Morgan fingerprint density at radius 1 is 1.00 bits per heavy atom. The zero-order valence-electron chi connectivity index (χ0n) is 2.98. The number of rotatable bonds is 1. The summed E-state index contributed by atoms with van der Waals surface area (Å²) < 4.78 is 0. The molecule has 1 heteroatoms. The predicted molar refractivity (Wildman–Crippen MR) is 28.0 cm³/mol. The minimum Gasteiger partial charge on any atom is -0.0991 e. The summed E-state index contributed by atoms with van der Waals surface area (Å²) in [7, 11) is 0. The summed E-state index contributed by atoms with van der Waals surface area (Å²) in [6, 6.07) is 0. The van der Waals surface area contributed by atoms with Crippen LogP contribution in [0.2, 0.25) is 0 Å². The molecule has 2 radical (unpaired) electrons. The van der Waals surface area contributed by atoms with Crippen LogP contribution in [-0.2, 0) is 0 Å². The lowest BCUT2D eigenvalue weighted by Gasteiger charge is -1.44. The predicted octanol–water partition coefficient (Wildman–Crippen LogP) is 2.01. The van der Waals surface area contributed by atoms with Gasteiger partial charge in [0.15, 0.2) is 0 Å². The van der Waals surface area contributed by atoms with Gasteiger partial charge in [0, 0.05) is 13.5 Å². The standard InChI is InChI=1S/C4H6.S/c1-3-4-2;/h3-4H,1-2H2;. The maximum absolute atomic E-state index is 3.36. The molecule has 0 bridgehead atoms. The second-order valence-electron chi connectivity index (χ2n) is 0.471. The van der Waals surface area contributed by atoms with E-state index in [1.54, 1.807) is 12.2 Å². The SMILES string of the molecule is C=CC=C.[S]. The van der Waals surface area contributed by atoms with Crippen molar-refractivity contribution < 1.29 is 0 Å². The molecule has 0 heterocycles. The first kappa shape index (κ1) is 8.85. The maximum Gasteiger partial charge on any atom is 0 e. The van der Waals surface area contributed by atoms with Gasteiger partial charge in [0.25, 0.3) is 0 Å². The summed E-state index contributed by atoms with van der Waals surface area (Å²) in [6.45, 7) is 6.72. The van der Waals surface area contributed by atoms with Crippen molar-refractivity contribution in [2.45, 2.75) is 0 Å². The Labute approximate surface area is 39.6 Å². The summed E-state index contributed by atoms with van der Waals surface area (Å²) in [5, 5.41) is 0. The maximum atomic E-state index is 3.36. The van der Waals surface area contributed by atoms with Crippen LogP contribution in [-0.4, -0.2) is 0 Å². The summed E-state index contributed by atoms with van der Waals surface area (Å²) >= 11 is 0. The van der Waals surface area contributed by atoms with E-state index in [1.165, 1.54) is 0 Å². The first-order valence-corrected chi connectivity index (χ1v) is 1.15. The van der Waals surface area contributed by atoms with E-state index in [1.807, 2.05) is 0 Å². The highest BCUT2D eigenvalue weighted by Crippen LogP contribution is 1.52. The highest BCUT2D eigenvalue weighted by Gasteiger charge is 1.29. The van der Waals surface area contributed by atoms with Gasteiger partial charge in [-0.3, -0.25) is 0 Å². The quantitative estimate of drug-likeness (QED) is 0.428. The molecule has 0 atom stereocenters. The third-order valence-electron chi connectivity index (χ3n) is 0.167. The van der Waals surface area contributed by atoms with Gasteiger partial charge in [-0.15, -0.1) is 0 Å². The lowest BCUT2D eigenvalue weighted by atomic mass is 10.6. The fourth-order valence-electron chi connectivity index (χ4n) is 0. The van der Waals surface area contributed by atoms with Crippen molar-refractivity contribution in [3.63, 3.8) is 0 Å². The molecule has 0 aliphatic heterocycles. The molecular formula is C4H6S. The average molecular weight is 86.2 g/mol. The van der Waals surface area contributed by atoms with E-state index in [4.69, 9.17) is 0 Å². The van der Waals surface area contributed by atoms with Crippen molar-refractivity contribution in [2.24, 2.45) is 0 Å². The lowest BCUT2D eigenvalue weighted by Crippen LogP contribution is -1.21. The second-order valence-corrected chi connectivity index (χ2v) is 0.471. The fourth-order valence-corrected chi connectivity index (χ4v) is 0. The van der Waals surface area contributed by atoms with Crippen LogP contribution in [0.25, 0.3) is 0 Å². The number of allylic oxidation sites excluding steroid dienone is 2. The first-order chi connectivity index (χ1) is 1.91. The molecule has 0 aromatic heterocycles. The third kappa shape index (κ3) is 18.6. The van der Waals surface area contributed by atoms with Crippen LogP contribution in [0.4, 0.5) is 0 Å². The van der Waals surface area contributed by atoms with E-state index in [0.717, 1.165) is 0 Å². The molecule has 0 N–H and O–H groups in total. The second kappa shape index (κ2) is 9.16. The molecular weight excluding hydrogens is 80.1 g/mol. The smallest absolute Gasteiger partial charge is 0 e. The zero-order chi connectivity index (χ0) is 3.41. The van der Waals surface area contributed by atoms with Gasteiger partial charge in [0.2, 0.25) is 0 Å². The molecule has 0 nitrogen and oxygen atoms in total. The van der Waals surface area contributed by atoms with Crippen LogP contribution in [0.15, 0.2) is 25.3 Å². The monoisotopic (exact) mass is 86.0 g/mol. The Bertz CT molecular complexity index is 24.6. The minimum atomic E-state index is 0. The van der Waals surface area contributed by atoms with Gasteiger partial charge < -0.3 is 0 Å². The summed E-state index contributed by atoms with van der Waals surface area (Å²) in [6.07, 6.45) is 3.28. The van der Waals surface area contributed by atoms with Gasteiger partial charge in [-0.1, -0.05) is 25.3 Å². The Kier molecular flexibility index (Phi) is 16.2. The molecule has 5 heavy (non-hydrogen) atoms. The number of hydrogen-bond donors (Lipinski definition) is 0. The molecule has 0 saturated heterocycles. The molecule has 0 amide bonds. The largest absolute Gasteiger partial charge is 0.0991 e.